The number of ether oxygens (including phenoxy) is 1. The number of fused-ring (bicyclic) bond motifs is 3. The first-order valence-corrected chi connectivity index (χ1v) is 8.57. The van der Waals surface area contributed by atoms with Gasteiger partial charge in [-0.2, -0.15) is 0 Å². The van der Waals surface area contributed by atoms with Gasteiger partial charge >= 0.3 is 0 Å². The van der Waals surface area contributed by atoms with Crippen molar-refractivity contribution in [1.82, 2.24) is 4.98 Å². The number of pyridine rings is 1. The van der Waals surface area contributed by atoms with Crippen molar-refractivity contribution in [2.45, 2.75) is 29.8 Å². The van der Waals surface area contributed by atoms with E-state index in [1.165, 1.54) is 11.1 Å². The number of rotatable bonds is 2. The summed E-state index contributed by atoms with van der Waals surface area (Å²) < 4.78 is 17.3. The Hall–Kier alpha value is -1.68. The highest BCUT2D eigenvalue weighted by Gasteiger charge is 2.36. The largest absolute Gasteiger partial charge is 0.481 e. The smallest absolute Gasteiger partial charge is 0.213 e. The van der Waals surface area contributed by atoms with Gasteiger partial charge in [0, 0.05) is 27.5 Å². The molecule has 0 radical (unpaired) electrons. The van der Waals surface area contributed by atoms with E-state index in [1.54, 1.807) is 7.11 Å². The Morgan fingerprint density at radius 1 is 1.24 bits per heavy atom. The first-order chi connectivity index (χ1) is 10.2. The first kappa shape index (κ1) is 13.0. The molecule has 0 spiro atoms. The minimum Gasteiger partial charge on any atom is -0.481 e. The van der Waals surface area contributed by atoms with Crippen LogP contribution in [-0.2, 0) is 10.8 Å². The topological polar surface area (TPSA) is 39.2 Å². The molecule has 108 valence electrons. The third kappa shape index (κ3) is 2.18. The molecule has 2 bridgehead atoms. The van der Waals surface area contributed by atoms with E-state index in [4.69, 9.17) is 4.74 Å². The zero-order valence-corrected chi connectivity index (χ0v) is 12.7. The van der Waals surface area contributed by atoms with Crippen LogP contribution in [0.15, 0.2) is 36.4 Å². The maximum absolute atomic E-state index is 12.1. The van der Waals surface area contributed by atoms with Crippen LogP contribution in [0.4, 0.5) is 0 Å². The standard InChI is InChI=1S/C17H17NO2S/c1-20-17-7-3-12-8-11(2-6-16(12)18-17)13-9-14-4-5-15(10-13)21(14)19/h2-3,6-9,14-15H,4-5,10H2,1H3. The number of hydrogen-bond acceptors (Lipinski definition) is 3. The predicted molar refractivity (Wildman–Crippen MR) is 85.8 cm³/mol. The summed E-state index contributed by atoms with van der Waals surface area (Å²) in [4.78, 5) is 4.44. The van der Waals surface area contributed by atoms with E-state index in [1.807, 2.05) is 18.2 Å². The maximum Gasteiger partial charge on any atom is 0.213 e. The van der Waals surface area contributed by atoms with Gasteiger partial charge in [0.2, 0.25) is 5.88 Å². The highest BCUT2D eigenvalue weighted by atomic mass is 32.2. The molecule has 2 aliphatic heterocycles. The Morgan fingerprint density at radius 3 is 2.95 bits per heavy atom. The van der Waals surface area contributed by atoms with Crippen molar-refractivity contribution >= 4 is 27.3 Å². The number of hydrogen-bond donors (Lipinski definition) is 0. The summed E-state index contributed by atoms with van der Waals surface area (Å²) in [6, 6.07) is 10.3. The van der Waals surface area contributed by atoms with Gasteiger partial charge in [0.15, 0.2) is 0 Å². The maximum atomic E-state index is 12.1. The van der Waals surface area contributed by atoms with Crippen LogP contribution in [0.3, 0.4) is 0 Å². The Balaban J connectivity index is 1.74. The zero-order valence-electron chi connectivity index (χ0n) is 11.9. The minimum atomic E-state index is -0.650. The van der Waals surface area contributed by atoms with Crippen molar-refractivity contribution < 1.29 is 8.95 Å². The lowest BCUT2D eigenvalue weighted by Crippen LogP contribution is -2.19. The molecule has 0 saturated carbocycles. The van der Waals surface area contributed by atoms with Gasteiger partial charge in [-0.3, -0.25) is 4.21 Å². The lowest BCUT2D eigenvalue weighted by Gasteiger charge is -2.19. The third-order valence-electron chi connectivity index (χ3n) is 4.48. The molecule has 3 nitrogen and oxygen atoms in total. The highest BCUT2D eigenvalue weighted by molar-refractivity contribution is 7.86. The van der Waals surface area contributed by atoms with Crippen LogP contribution in [0.1, 0.15) is 24.8 Å². The summed E-state index contributed by atoms with van der Waals surface area (Å²) in [6.07, 6.45) is 5.35. The summed E-state index contributed by atoms with van der Waals surface area (Å²) in [5, 5.41) is 1.75. The number of nitrogens with zero attached hydrogens (tertiary/aromatic N) is 1. The molecule has 2 aromatic rings. The molecule has 0 N–H and O–H groups in total. The summed E-state index contributed by atoms with van der Waals surface area (Å²) in [7, 11) is 0.980. The monoisotopic (exact) mass is 299 g/mol. The molecule has 3 unspecified atom stereocenters. The molecule has 3 heterocycles. The van der Waals surface area contributed by atoms with Gasteiger partial charge in [0.05, 0.1) is 17.9 Å². The van der Waals surface area contributed by atoms with Crippen molar-refractivity contribution in [1.29, 1.82) is 0 Å². The second-order valence-electron chi connectivity index (χ2n) is 5.72. The molecular formula is C17H17NO2S. The van der Waals surface area contributed by atoms with E-state index in [9.17, 15) is 4.21 Å². The second-order valence-corrected chi connectivity index (χ2v) is 7.65. The Kier molecular flexibility index (Phi) is 3.07. The molecular weight excluding hydrogens is 282 g/mol. The van der Waals surface area contributed by atoms with Crippen molar-refractivity contribution in [3.8, 4) is 5.88 Å². The van der Waals surface area contributed by atoms with Crippen LogP contribution in [0, 0.1) is 0 Å². The molecule has 2 aliphatic rings. The average Bonchev–Trinajstić information content (AvgIpc) is 2.75. The fraction of sp³-hybridized carbons (Fsp3) is 0.353. The van der Waals surface area contributed by atoms with Crippen LogP contribution in [-0.4, -0.2) is 26.8 Å². The van der Waals surface area contributed by atoms with Gasteiger partial charge < -0.3 is 4.74 Å². The fourth-order valence-corrected chi connectivity index (χ4v) is 5.21. The van der Waals surface area contributed by atoms with Crippen LogP contribution in [0.25, 0.3) is 16.5 Å². The van der Waals surface area contributed by atoms with Gasteiger partial charge in [0.1, 0.15) is 0 Å². The van der Waals surface area contributed by atoms with Gasteiger partial charge in [-0.25, -0.2) is 4.98 Å². The van der Waals surface area contributed by atoms with E-state index >= 15 is 0 Å². The molecule has 3 atom stereocenters. The lowest BCUT2D eigenvalue weighted by molar-refractivity contribution is 0.399. The predicted octanol–water partition coefficient (Wildman–Crippen LogP) is 3.31. The molecule has 21 heavy (non-hydrogen) atoms. The summed E-state index contributed by atoms with van der Waals surface area (Å²) in [6.45, 7) is 0. The Morgan fingerprint density at radius 2 is 2.14 bits per heavy atom. The van der Waals surface area contributed by atoms with E-state index in [0.717, 1.165) is 30.2 Å². The van der Waals surface area contributed by atoms with E-state index in [0.29, 0.717) is 11.1 Å². The number of methoxy groups -OCH3 is 1. The van der Waals surface area contributed by atoms with Crippen LogP contribution in [0.2, 0.25) is 0 Å². The van der Waals surface area contributed by atoms with Crippen LogP contribution >= 0.6 is 0 Å². The van der Waals surface area contributed by atoms with E-state index < -0.39 is 10.8 Å². The van der Waals surface area contributed by atoms with Crippen LogP contribution in [0.5, 0.6) is 5.88 Å². The molecule has 0 aliphatic carbocycles. The highest BCUT2D eigenvalue weighted by Crippen LogP contribution is 2.38. The molecule has 4 heteroatoms. The Labute approximate surface area is 126 Å². The van der Waals surface area contributed by atoms with Gasteiger partial charge in [0.25, 0.3) is 0 Å². The Bertz CT molecular complexity index is 768. The SMILES string of the molecule is COc1ccc2cc(C3=CC4CCC(C3)S4=O)ccc2n1. The molecule has 1 aromatic carbocycles. The number of benzene rings is 1. The number of allylic oxidation sites excluding steroid dienone is 1. The van der Waals surface area contributed by atoms with E-state index in [-0.39, 0.29) is 5.25 Å². The quantitative estimate of drug-likeness (QED) is 0.854. The minimum absolute atomic E-state index is 0.267. The fourth-order valence-electron chi connectivity index (χ4n) is 3.34. The summed E-state index contributed by atoms with van der Waals surface area (Å²) in [5.74, 6) is 0.639. The lowest BCUT2D eigenvalue weighted by atomic mass is 9.99. The molecule has 1 aromatic heterocycles. The van der Waals surface area contributed by atoms with Gasteiger partial charge in [-0.15, -0.1) is 0 Å². The molecule has 4 rings (SSSR count). The zero-order chi connectivity index (χ0) is 14.4. The van der Waals surface area contributed by atoms with Crippen molar-refractivity contribution in [2.75, 3.05) is 7.11 Å². The van der Waals surface area contributed by atoms with Gasteiger partial charge in [-0.1, -0.05) is 12.1 Å². The third-order valence-corrected chi connectivity index (χ3v) is 6.51. The van der Waals surface area contributed by atoms with Gasteiger partial charge in [-0.05, 0) is 48.6 Å². The summed E-state index contributed by atoms with van der Waals surface area (Å²) in [5.41, 5.74) is 3.53. The van der Waals surface area contributed by atoms with Crippen molar-refractivity contribution in [3.63, 3.8) is 0 Å². The number of aromatic nitrogens is 1. The first-order valence-electron chi connectivity index (χ1n) is 7.30. The average molecular weight is 299 g/mol. The van der Waals surface area contributed by atoms with E-state index in [2.05, 4.69) is 23.2 Å². The second kappa shape index (κ2) is 4.95. The van der Waals surface area contributed by atoms with Crippen molar-refractivity contribution in [3.05, 3.63) is 42.0 Å². The van der Waals surface area contributed by atoms with Crippen LogP contribution < -0.4 is 4.74 Å². The normalized spacial score (nSPS) is 27.7. The molecule has 1 saturated heterocycles. The van der Waals surface area contributed by atoms with Crippen molar-refractivity contribution in [2.24, 2.45) is 0 Å². The molecule has 1 fully saturated rings. The summed E-state index contributed by atoms with van der Waals surface area (Å²) >= 11 is 0. The molecule has 0 amide bonds.